The van der Waals surface area contributed by atoms with Gasteiger partial charge in [0.1, 0.15) is 11.6 Å². The minimum Gasteiger partial charge on any atom is -0.406 e. The number of anilines is 2. The van der Waals surface area contributed by atoms with E-state index in [0.717, 1.165) is 12.1 Å². The van der Waals surface area contributed by atoms with Crippen LogP contribution < -0.4 is 9.64 Å². The van der Waals surface area contributed by atoms with E-state index in [-0.39, 0.29) is 11.5 Å². The van der Waals surface area contributed by atoms with Gasteiger partial charge in [-0.05, 0) is 35.9 Å². The predicted molar refractivity (Wildman–Crippen MR) is 73.2 cm³/mol. The molecule has 0 amide bonds. The standard InChI is InChI=1S/C13H8ClF6N3O/c1-23(7-2-4-8(5-3-7)24-13(18,19)20)10-6-9(12(15,16)17)21-11(14)22-10/h2-6H,1H3. The van der Waals surface area contributed by atoms with Crippen LogP contribution in [0.1, 0.15) is 5.69 Å². The monoisotopic (exact) mass is 371 g/mol. The fourth-order valence-corrected chi connectivity index (χ4v) is 1.90. The summed E-state index contributed by atoms with van der Waals surface area (Å²) in [6, 6.07) is 5.17. The summed E-state index contributed by atoms with van der Waals surface area (Å²) < 4.78 is 78.2. The predicted octanol–water partition coefficient (Wildman–Crippen LogP) is 4.82. The fraction of sp³-hybridized carbons (Fsp3) is 0.231. The molecule has 0 aliphatic heterocycles. The first kappa shape index (κ1) is 18.1. The molecular weight excluding hydrogens is 364 g/mol. The van der Waals surface area contributed by atoms with Crippen LogP contribution in [-0.2, 0) is 6.18 Å². The molecule has 11 heteroatoms. The summed E-state index contributed by atoms with van der Waals surface area (Å²) in [4.78, 5) is 7.98. The number of ether oxygens (including phenoxy) is 1. The van der Waals surface area contributed by atoms with Crippen molar-refractivity contribution < 1.29 is 31.1 Å². The molecule has 130 valence electrons. The molecule has 1 aromatic heterocycles. The Morgan fingerprint density at radius 2 is 1.58 bits per heavy atom. The van der Waals surface area contributed by atoms with Crippen molar-refractivity contribution in [3.8, 4) is 5.75 Å². The number of alkyl halides is 6. The Morgan fingerprint density at radius 3 is 2.08 bits per heavy atom. The van der Waals surface area contributed by atoms with Gasteiger partial charge in [0.15, 0.2) is 5.69 Å². The molecule has 0 bridgehead atoms. The first-order valence-electron chi connectivity index (χ1n) is 6.17. The Bertz CT molecular complexity index is 717. The van der Waals surface area contributed by atoms with Crippen LogP contribution in [0, 0.1) is 0 Å². The van der Waals surface area contributed by atoms with Gasteiger partial charge in [-0.1, -0.05) is 0 Å². The van der Waals surface area contributed by atoms with Crippen molar-refractivity contribution in [1.29, 1.82) is 0 Å². The molecule has 24 heavy (non-hydrogen) atoms. The van der Waals surface area contributed by atoms with E-state index in [0.29, 0.717) is 6.07 Å². The quantitative estimate of drug-likeness (QED) is 0.573. The first-order valence-corrected chi connectivity index (χ1v) is 6.55. The Hall–Kier alpha value is -2.23. The molecule has 0 N–H and O–H groups in total. The third-order valence-corrected chi connectivity index (χ3v) is 2.95. The highest BCUT2D eigenvalue weighted by molar-refractivity contribution is 6.28. The van der Waals surface area contributed by atoms with Gasteiger partial charge in [0.2, 0.25) is 5.28 Å². The summed E-state index contributed by atoms with van der Waals surface area (Å²) in [6.07, 6.45) is -9.55. The minimum atomic E-state index is -4.84. The van der Waals surface area contributed by atoms with Crippen molar-refractivity contribution >= 4 is 23.1 Å². The molecule has 0 atom stereocenters. The van der Waals surface area contributed by atoms with Crippen LogP contribution >= 0.6 is 11.6 Å². The van der Waals surface area contributed by atoms with Gasteiger partial charge in [0.05, 0.1) is 0 Å². The first-order chi connectivity index (χ1) is 11.0. The van der Waals surface area contributed by atoms with Crippen LogP contribution in [-0.4, -0.2) is 23.4 Å². The zero-order chi connectivity index (χ0) is 18.1. The smallest absolute Gasteiger partial charge is 0.406 e. The van der Waals surface area contributed by atoms with Gasteiger partial charge in [-0.2, -0.15) is 13.2 Å². The highest BCUT2D eigenvalue weighted by Crippen LogP contribution is 2.32. The van der Waals surface area contributed by atoms with Crippen LogP contribution in [0.4, 0.5) is 37.8 Å². The molecular formula is C13H8ClF6N3O. The number of halogens is 7. The Morgan fingerprint density at radius 1 is 1.00 bits per heavy atom. The molecule has 1 heterocycles. The third-order valence-electron chi connectivity index (χ3n) is 2.78. The van der Waals surface area contributed by atoms with Crippen molar-refractivity contribution in [2.75, 3.05) is 11.9 Å². The van der Waals surface area contributed by atoms with Gasteiger partial charge in [-0.3, -0.25) is 0 Å². The lowest BCUT2D eigenvalue weighted by Crippen LogP contribution is -2.17. The van der Waals surface area contributed by atoms with Crippen molar-refractivity contribution in [2.45, 2.75) is 12.5 Å². The van der Waals surface area contributed by atoms with Gasteiger partial charge >= 0.3 is 12.5 Å². The minimum absolute atomic E-state index is 0.174. The zero-order valence-corrected chi connectivity index (χ0v) is 12.5. The van der Waals surface area contributed by atoms with E-state index in [1.807, 2.05) is 0 Å². The molecule has 2 aromatic rings. The topological polar surface area (TPSA) is 38.2 Å². The van der Waals surface area contributed by atoms with Crippen molar-refractivity contribution in [2.24, 2.45) is 0 Å². The molecule has 2 rings (SSSR count). The summed E-state index contributed by atoms with van der Waals surface area (Å²) in [6.45, 7) is 0. The largest absolute Gasteiger partial charge is 0.573 e. The number of hydrogen-bond donors (Lipinski definition) is 0. The number of hydrogen-bond acceptors (Lipinski definition) is 4. The molecule has 0 radical (unpaired) electrons. The molecule has 0 unspecified atom stereocenters. The zero-order valence-electron chi connectivity index (χ0n) is 11.8. The maximum absolute atomic E-state index is 12.7. The number of benzene rings is 1. The Balaban J connectivity index is 2.29. The van der Waals surface area contributed by atoms with Gasteiger partial charge in [0.25, 0.3) is 0 Å². The Kier molecular flexibility index (Phi) is 4.79. The molecule has 0 aliphatic rings. The average molecular weight is 372 g/mol. The number of rotatable bonds is 3. The third kappa shape index (κ3) is 4.63. The molecule has 0 saturated carbocycles. The van der Waals surface area contributed by atoms with Gasteiger partial charge < -0.3 is 9.64 Å². The SMILES string of the molecule is CN(c1ccc(OC(F)(F)F)cc1)c1cc(C(F)(F)F)nc(Cl)n1. The summed E-state index contributed by atoms with van der Waals surface area (Å²) in [5, 5.41) is -0.608. The molecule has 0 saturated heterocycles. The van der Waals surface area contributed by atoms with E-state index in [4.69, 9.17) is 11.6 Å². The van der Waals surface area contributed by atoms with Crippen LogP contribution in [0.15, 0.2) is 30.3 Å². The summed E-state index contributed by atoms with van der Waals surface area (Å²) in [5.41, 5.74) is -0.964. The Labute approximate surface area is 136 Å². The van der Waals surface area contributed by atoms with E-state index in [1.165, 1.54) is 24.1 Å². The van der Waals surface area contributed by atoms with Crippen molar-refractivity contribution in [3.63, 3.8) is 0 Å². The summed E-state index contributed by atoms with van der Waals surface area (Å²) in [5.74, 6) is -0.636. The fourth-order valence-electron chi connectivity index (χ4n) is 1.73. The highest BCUT2D eigenvalue weighted by atomic mass is 35.5. The summed E-state index contributed by atoms with van der Waals surface area (Å²) in [7, 11) is 1.37. The van der Waals surface area contributed by atoms with Crippen LogP contribution in [0.3, 0.4) is 0 Å². The maximum Gasteiger partial charge on any atom is 0.573 e. The second kappa shape index (κ2) is 6.34. The second-order valence-corrected chi connectivity index (χ2v) is 4.82. The maximum atomic E-state index is 12.7. The lowest BCUT2D eigenvalue weighted by molar-refractivity contribution is -0.274. The molecule has 1 aromatic carbocycles. The molecule has 4 nitrogen and oxygen atoms in total. The molecule has 0 fully saturated rings. The van der Waals surface area contributed by atoms with E-state index in [2.05, 4.69) is 14.7 Å². The molecule has 0 spiro atoms. The van der Waals surface area contributed by atoms with Gasteiger partial charge in [-0.25, -0.2) is 9.97 Å². The van der Waals surface area contributed by atoms with Crippen LogP contribution in [0.2, 0.25) is 5.28 Å². The summed E-state index contributed by atoms with van der Waals surface area (Å²) >= 11 is 5.49. The molecule has 0 aliphatic carbocycles. The van der Waals surface area contributed by atoms with Gasteiger partial charge in [-0.15, -0.1) is 13.2 Å². The van der Waals surface area contributed by atoms with E-state index >= 15 is 0 Å². The van der Waals surface area contributed by atoms with E-state index in [1.54, 1.807) is 0 Å². The number of nitrogens with zero attached hydrogens (tertiary/aromatic N) is 3. The van der Waals surface area contributed by atoms with Crippen LogP contribution in [0.25, 0.3) is 0 Å². The van der Waals surface area contributed by atoms with Gasteiger partial charge in [0, 0.05) is 18.8 Å². The highest BCUT2D eigenvalue weighted by Gasteiger charge is 2.34. The van der Waals surface area contributed by atoms with E-state index in [9.17, 15) is 26.3 Å². The second-order valence-electron chi connectivity index (χ2n) is 4.48. The lowest BCUT2D eigenvalue weighted by Gasteiger charge is -2.20. The van der Waals surface area contributed by atoms with Crippen molar-refractivity contribution in [1.82, 2.24) is 9.97 Å². The normalized spacial score (nSPS) is 12.2. The van der Waals surface area contributed by atoms with Crippen LogP contribution in [0.5, 0.6) is 5.75 Å². The number of aromatic nitrogens is 2. The lowest BCUT2D eigenvalue weighted by atomic mass is 10.2. The average Bonchev–Trinajstić information content (AvgIpc) is 2.44. The van der Waals surface area contributed by atoms with Crippen molar-refractivity contribution in [3.05, 3.63) is 41.3 Å². The van der Waals surface area contributed by atoms with E-state index < -0.39 is 29.3 Å².